The molecule has 0 aromatic heterocycles. The van der Waals surface area contributed by atoms with E-state index in [2.05, 4.69) is 22.3 Å². The van der Waals surface area contributed by atoms with Crippen LogP contribution in [0.4, 0.5) is 11.4 Å². The second-order valence-corrected chi connectivity index (χ2v) is 8.67. The van der Waals surface area contributed by atoms with Crippen LogP contribution in [-0.4, -0.2) is 56.6 Å². The molecule has 3 N–H and O–H groups in total. The second-order valence-electron chi connectivity index (χ2n) is 8.67. The quantitative estimate of drug-likeness (QED) is 0.451. The van der Waals surface area contributed by atoms with Gasteiger partial charge in [-0.3, -0.25) is 4.90 Å². The molecule has 3 aliphatic rings. The van der Waals surface area contributed by atoms with Crippen LogP contribution in [0.5, 0.6) is 28.7 Å². The van der Waals surface area contributed by atoms with Crippen molar-refractivity contribution in [1.82, 2.24) is 4.90 Å². The standard InChI is InChI=1S/C26H26N2O5.CH4O.CH2O/c1-30-18-9-17(10-19(11-18)31-2)27-26-21-13-28-6-5-16-8-24-25(33-14-32-24)12-20(16)22(28)7-15(21)3-4-23(26)29;2*1-2/h3-4,8-12,22,27,29H,5-7,13-14H2,1-2H3;2H,1H3;1H2. The molecule has 0 aliphatic carbocycles. The number of anilines is 2. The average Bonchev–Trinajstić information content (AvgIpc) is 3.42. The third-order valence-corrected chi connectivity index (χ3v) is 6.89. The predicted octanol–water partition coefficient (Wildman–Crippen LogP) is 3.96. The molecule has 3 aliphatic heterocycles. The van der Waals surface area contributed by atoms with Crippen molar-refractivity contribution >= 4 is 18.2 Å². The van der Waals surface area contributed by atoms with Crippen LogP contribution in [0.2, 0.25) is 0 Å². The molecule has 0 amide bonds. The average molecular weight is 509 g/mol. The number of benzene rings is 3. The highest BCUT2D eigenvalue weighted by molar-refractivity contribution is 5.73. The predicted molar refractivity (Wildman–Crippen MR) is 139 cm³/mol. The number of ether oxygens (including phenoxy) is 4. The van der Waals surface area contributed by atoms with Gasteiger partial charge in [0.1, 0.15) is 24.0 Å². The van der Waals surface area contributed by atoms with Gasteiger partial charge >= 0.3 is 0 Å². The lowest BCUT2D eigenvalue weighted by molar-refractivity contribution is -0.0980. The molecule has 3 heterocycles. The number of phenolic OH excluding ortho intramolecular Hbond substituents is 1. The Bertz CT molecular complexity index is 1240. The first-order valence-electron chi connectivity index (χ1n) is 11.9. The summed E-state index contributed by atoms with van der Waals surface area (Å²) < 4.78 is 22.0. The number of carbonyl (C=O) groups excluding carboxylic acids is 1. The Balaban J connectivity index is 0.000000765. The molecule has 0 saturated carbocycles. The Morgan fingerprint density at radius 2 is 1.65 bits per heavy atom. The van der Waals surface area contributed by atoms with Crippen LogP contribution in [0.3, 0.4) is 0 Å². The first-order chi connectivity index (χ1) is 18.1. The number of aliphatic hydroxyl groups is 1. The Morgan fingerprint density at radius 1 is 0.973 bits per heavy atom. The molecular weight excluding hydrogens is 476 g/mol. The van der Waals surface area contributed by atoms with Gasteiger partial charge < -0.3 is 39.3 Å². The van der Waals surface area contributed by atoms with Crippen molar-refractivity contribution in [3.63, 3.8) is 0 Å². The van der Waals surface area contributed by atoms with E-state index in [1.54, 1.807) is 20.3 Å². The zero-order chi connectivity index (χ0) is 26.5. The van der Waals surface area contributed by atoms with Gasteiger partial charge in [0.15, 0.2) is 11.5 Å². The number of aliphatic hydroxyl groups excluding tert-OH is 1. The number of aromatic hydroxyl groups is 1. The SMILES string of the molecule is C=O.CO.COc1cc(Nc2c(O)ccc3c2CN2CCc4cc5c(cc4C2C3)OCO5)cc(OC)c1. The van der Waals surface area contributed by atoms with Gasteiger partial charge in [-0.2, -0.15) is 0 Å². The molecule has 0 saturated heterocycles. The van der Waals surface area contributed by atoms with E-state index in [1.807, 2.05) is 31.1 Å². The Morgan fingerprint density at radius 3 is 2.32 bits per heavy atom. The Hall–Kier alpha value is -3.95. The minimum absolute atomic E-state index is 0.231. The van der Waals surface area contributed by atoms with Gasteiger partial charge in [0.25, 0.3) is 0 Å². The Labute approximate surface area is 216 Å². The molecule has 3 aromatic rings. The van der Waals surface area contributed by atoms with E-state index >= 15 is 0 Å². The molecule has 1 atom stereocenters. The van der Waals surface area contributed by atoms with Gasteiger partial charge in [-0.1, -0.05) is 6.07 Å². The smallest absolute Gasteiger partial charge is 0.231 e. The van der Waals surface area contributed by atoms with Crippen molar-refractivity contribution < 1.29 is 34.0 Å². The summed E-state index contributed by atoms with van der Waals surface area (Å²) in [7, 11) is 4.25. The summed E-state index contributed by atoms with van der Waals surface area (Å²) in [6.07, 6.45) is 1.84. The van der Waals surface area contributed by atoms with E-state index in [-0.39, 0.29) is 11.8 Å². The molecule has 6 rings (SSSR count). The highest BCUT2D eigenvalue weighted by Crippen LogP contribution is 2.46. The maximum atomic E-state index is 10.8. The second kappa shape index (κ2) is 11.4. The molecule has 9 heteroatoms. The fourth-order valence-corrected chi connectivity index (χ4v) is 5.20. The van der Waals surface area contributed by atoms with E-state index in [0.29, 0.717) is 18.3 Å². The molecule has 0 radical (unpaired) electrons. The molecule has 0 fully saturated rings. The summed E-state index contributed by atoms with van der Waals surface area (Å²) >= 11 is 0. The summed E-state index contributed by atoms with van der Waals surface area (Å²) in [4.78, 5) is 10.5. The van der Waals surface area contributed by atoms with Gasteiger partial charge in [-0.05, 0) is 53.3 Å². The van der Waals surface area contributed by atoms with E-state index in [1.165, 1.54) is 16.7 Å². The van der Waals surface area contributed by atoms with Crippen molar-refractivity contribution in [3.05, 3.63) is 64.7 Å². The summed E-state index contributed by atoms with van der Waals surface area (Å²) in [6.45, 7) is 4.00. The fraction of sp³-hybridized carbons (Fsp3) is 0.321. The monoisotopic (exact) mass is 508 g/mol. The molecule has 9 nitrogen and oxygen atoms in total. The van der Waals surface area contributed by atoms with E-state index in [4.69, 9.17) is 28.8 Å². The Kier molecular flexibility index (Phi) is 8.05. The molecule has 1 unspecified atom stereocenters. The zero-order valence-corrected chi connectivity index (χ0v) is 21.2. The zero-order valence-electron chi connectivity index (χ0n) is 21.2. The van der Waals surface area contributed by atoms with Gasteiger partial charge in [0, 0.05) is 50.1 Å². The lowest BCUT2D eigenvalue weighted by Gasteiger charge is -2.42. The molecular formula is C28H32N2O7. The van der Waals surface area contributed by atoms with Crippen molar-refractivity contribution in [3.8, 4) is 28.7 Å². The van der Waals surface area contributed by atoms with Gasteiger partial charge in [0.2, 0.25) is 6.79 Å². The van der Waals surface area contributed by atoms with Gasteiger partial charge in [-0.15, -0.1) is 0 Å². The van der Waals surface area contributed by atoms with E-state index in [9.17, 15) is 5.11 Å². The number of nitrogens with zero attached hydrogens (tertiary/aromatic N) is 1. The van der Waals surface area contributed by atoms with E-state index in [0.717, 1.165) is 61.5 Å². The lowest BCUT2D eigenvalue weighted by atomic mass is 9.83. The third-order valence-electron chi connectivity index (χ3n) is 6.89. The van der Waals surface area contributed by atoms with Crippen molar-refractivity contribution in [1.29, 1.82) is 0 Å². The molecule has 3 aromatic carbocycles. The van der Waals surface area contributed by atoms with Crippen LogP contribution in [0.1, 0.15) is 28.3 Å². The number of phenols is 1. The maximum Gasteiger partial charge on any atom is 0.231 e. The number of nitrogens with one attached hydrogen (secondary N) is 1. The topological polar surface area (TPSA) is 110 Å². The van der Waals surface area contributed by atoms with Gasteiger partial charge in [0.05, 0.1) is 19.9 Å². The minimum Gasteiger partial charge on any atom is -0.506 e. The minimum atomic E-state index is 0.231. The molecule has 0 spiro atoms. The highest BCUT2D eigenvalue weighted by Gasteiger charge is 2.35. The van der Waals surface area contributed by atoms with Crippen LogP contribution in [0.25, 0.3) is 0 Å². The highest BCUT2D eigenvalue weighted by atomic mass is 16.7. The number of fused-ring (bicyclic) bond motifs is 5. The number of methoxy groups -OCH3 is 2. The third kappa shape index (κ3) is 5.00. The van der Waals surface area contributed by atoms with Crippen molar-refractivity contribution in [2.75, 3.05) is 40.0 Å². The van der Waals surface area contributed by atoms with Crippen LogP contribution in [0, 0.1) is 0 Å². The molecule has 0 bridgehead atoms. The largest absolute Gasteiger partial charge is 0.506 e. The maximum absolute atomic E-state index is 10.8. The lowest BCUT2D eigenvalue weighted by Crippen LogP contribution is -2.39. The van der Waals surface area contributed by atoms with Crippen LogP contribution >= 0.6 is 0 Å². The molecule has 196 valence electrons. The number of rotatable bonds is 4. The number of hydrogen-bond donors (Lipinski definition) is 3. The van der Waals surface area contributed by atoms with Gasteiger partial charge in [-0.25, -0.2) is 0 Å². The summed E-state index contributed by atoms with van der Waals surface area (Å²) in [5, 5.41) is 21.2. The van der Waals surface area contributed by atoms with Crippen molar-refractivity contribution in [2.45, 2.75) is 25.4 Å². The first-order valence-corrected chi connectivity index (χ1v) is 11.9. The molecule has 37 heavy (non-hydrogen) atoms. The fourth-order valence-electron chi connectivity index (χ4n) is 5.20. The van der Waals surface area contributed by atoms with Crippen LogP contribution in [-0.2, 0) is 24.2 Å². The van der Waals surface area contributed by atoms with Crippen molar-refractivity contribution in [2.24, 2.45) is 0 Å². The van der Waals surface area contributed by atoms with E-state index < -0.39 is 0 Å². The summed E-state index contributed by atoms with van der Waals surface area (Å²) in [5.41, 5.74) is 6.54. The first kappa shape index (κ1) is 26.1. The van der Waals surface area contributed by atoms with Crippen LogP contribution in [0.15, 0.2) is 42.5 Å². The number of carbonyl (C=O) groups is 1. The summed E-state index contributed by atoms with van der Waals surface area (Å²) in [6, 6.07) is 14.0. The summed E-state index contributed by atoms with van der Waals surface area (Å²) in [5.74, 6) is 3.29. The number of hydrogen-bond acceptors (Lipinski definition) is 9. The van der Waals surface area contributed by atoms with Crippen LogP contribution < -0.4 is 24.3 Å². The normalized spacial score (nSPS) is 16.5.